The summed E-state index contributed by atoms with van der Waals surface area (Å²) in [5.74, 6) is -0.376. The third-order valence-corrected chi connectivity index (χ3v) is 3.21. The number of amides is 1. The molecule has 0 fully saturated rings. The second-order valence-corrected chi connectivity index (χ2v) is 6.05. The summed E-state index contributed by atoms with van der Waals surface area (Å²) in [6, 6.07) is 5.19. The molecule has 0 aromatic heterocycles. The number of benzene rings is 1. The molecule has 0 aliphatic rings. The Morgan fingerprint density at radius 1 is 1.33 bits per heavy atom. The summed E-state index contributed by atoms with van der Waals surface area (Å²) < 4.78 is 1.56. The maximum Gasteiger partial charge on any atom is 0.252 e. The van der Waals surface area contributed by atoms with Crippen LogP contribution in [-0.4, -0.2) is 22.5 Å². The first-order valence-electron chi connectivity index (χ1n) is 5.03. The number of halogens is 2. The maximum atomic E-state index is 12.0. The number of amidine groups is 1. The van der Waals surface area contributed by atoms with E-state index in [-0.39, 0.29) is 11.7 Å². The van der Waals surface area contributed by atoms with E-state index in [9.17, 15) is 4.79 Å². The quantitative estimate of drug-likeness (QED) is 0.326. The summed E-state index contributed by atoms with van der Waals surface area (Å²) in [4.78, 5) is 12.0. The minimum Gasteiger partial charge on any atom is -0.409 e. The van der Waals surface area contributed by atoms with E-state index in [1.54, 1.807) is 26.0 Å². The molecule has 1 rings (SSSR count). The van der Waals surface area contributed by atoms with Crippen LogP contribution in [0.5, 0.6) is 0 Å². The lowest BCUT2D eigenvalue weighted by Crippen LogP contribution is -2.53. The van der Waals surface area contributed by atoms with Gasteiger partial charge in [0.2, 0.25) is 0 Å². The average Bonchev–Trinajstić information content (AvgIpc) is 2.25. The van der Waals surface area contributed by atoms with Crippen LogP contribution in [0.15, 0.2) is 32.3 Å². The lowest BCUT2D eigenvalue weighted by atomic mass is 10.0. The number of carbonyl (C=O) groups excluding carboxylic acids is 1. The number of rotatable bonds is 3. The summed E-state index contributed by atoms with van der Waals surface area (Å²) in [5.41, 5.74) is 5.04. The van der Waals surface area contributed by atoms with Crippen molar-refractivity contribution >= 4 is 43.6 Å². The molecule has 1 aromatic carbocycles. The number of oxime groups is 1. The van der Waals surface area contributed by atoms with Gasteiger partial charge in [0.15, 0.2) is 5.84 Å². The fourth-order valence-electron chi connectivity index (χ4n) is 1.23. The minimum atomic E-state index is -0.930. The largest absolute Gasteiger partial charge is 0.409 e. The van der Waals surface area contributed by atoms with Gasteiger partial charge in [-0.3, -0.25) is 4.79 Å². The van der Waals surface area contributed by atoms with Crippen molar-refractivity contribution < 1.29 is 10.0 Å². The topological polar surface area (TPSA) is 87.7 Å². The Hall–Kier alpha value is -1.08. The molecular weight excluding hydrogens is 366 g/mol. The second kappa shape index (κ2) is 5.71. The van der Waals surface area contributed by atoms with Crippen molar-refractivity contribution in [1.29, 1.82) is 0 Å². The van der Waals surface area contributed by atoms with Crippen molar-refractivity contribution in [2.75, 3.05) is 0 Å². The van der Waals surface area contributed by atoms with Crippen LogP contribution in [0.3, 0.4) is 0 Å². The van der Waals surface area contributed by atoms with Crippen molar-refractivity contribution in [1.82, 2.24) is 5.32 Å². The van der Waals surface area contributed by atoms with Crippen LogP contribution >= 0.6 is 31.9 Å². The van der Waals surface area contributed by atoms with Crippen LogP contribution in [0.4, 0.5) is 0 Å². The lowest BCUT2D eigenvalue weighted by Gasteiger charge is -2.24. The average molecular weight is 379 g/mol. The highest BCUT2D eigenvalue weighted by atomic mass is 79.9. The van der Waals surface area contributed by atoms with Crippen molar-refractivity contribution in [3.05, 3.63) is 32.7 Å². The van der Waals surface area contributed by atoms with Crippen LogP contribution in [0.1, 0.15) is 24.2 Å². The van der Waals surface area contributed by atoms with E-state index in [0.29, 0.717) is 5.56 Å². The predicted molar refractivity (Wildman–Crippen MR) is 76.8 cm³/mol. The van der Waals surface area contributed by atoms with Gasteiger partial charge >= 0.3 is 0 Å². The molecule has 7 heteroatoms. The van der Waals surface area contributed by atoms with Gasteiger partial charge in [0.1, 0.15) is 0 Å². The van der Waals surface area contributed by atoms with E-state index in [4.69, 9.17) is 10.9 Å². The fraction of sp³-hybridized carbons (Fsp3) is 0.273. The summed E-state index contributed by atoms with van der Waals surface area (Å²) >= 11 is 6.61. The number of nitrogens with two attached hydrogens (primary N) is 1. The molecule has 0 radical (unpaired) electrons. The van der Waals surface area contributed by atoms with E-state index < -0.39 is 5.54 Å². The maximum absolute atomic E-state index is 12.0. The van der Waals surface area contributed by atoms with Gasteiger partial charge in [-0.2, -0.15) is 0 Å². The van der Waals surface area contributed by atoms with E-state index in [2.05, 4.69) is 42.3 Å². The summed E-state index contributed by atoms with van der Waals surface area (Å²) in [7, 11) is 0. The zero-order valence-electron chi connectivity index (χ0n) is 9.87. The van der Waals surface area contributed by atoms with Gasteiger partial charge in [0, 0.05) is 14.5 Å². The molecule has 0 saturated carbocycles. The highest BCUT2D eigenvalue weighted by molar-refractivity contribution is 9.11. The van der Waals surface area contributed by atoms with E-state index >= 15 is 0 Å². The molecule has 0 aliphatic heterocycles. The molecule has 0 atom stereocenters. The van der Waals surface area contributed by atoms with Gasteiger partial charge < -0.3 is 16.3 Å². The molecule has 18 heavy (non-hydrogen) atoms. The molecular formula is C11H13Br2N3O2. The lowest BCUT2D eigenvalue weighted by molar-refractivity contribution is 0.0930. The Morgan fingerprint density at radius 3 is 2.28 bits per heavy atom. The summed E-state index contributed by atoms with van der Waals surface area (Å²) in [6.45, 7) is 3.29. The Kier molecular flexibility index (Phi) is 4.75. The first-order chi connectivity index (χ1) is 8.26. The van der Waals surface area contributed by atoms with Crippen molar-refractivity contribution in [3.8, 4) is 0 Å². The SMILES string of the molecule is CC(C)(NC(=O)c1cc(Br)cc(Br)c1)/C(N)=N/O. The third kappa shape index (κ3) is 3.71. The monoisotopic (exact) mass is 377 g/mol. The molecule has 0 aliphatic carbocycles. The molecule has 0 bridgehead atoms. The van der Waals surface area contributed by atoms with Gasteiger partial charge in [-0.1, -0.05) is 37.0 Å². The molecule has 0 unspecified atom stereocenters. The zero-order chi connectivity index (χ0) is 13.9. The Bertz CT molecular complexity index is 481. The number of nitrogens with zero attached hydrogens (tertiary/aromatic N) is 1. The third-order valence-electron chi connectivity index (χ3n) is 2.30. The Balaban J connectivity index is 2.95. The van der Waals surface area contributed by atoms with Gasteiger partial charge in [-0.05, 0) is 32.0 Å². The van der Waals surface area contributed by atoms with Crippen LogP contribution in [0.25, 0.3) is 0 Å². The number of hydrogen-bond donors (Lipinski definition) is 3. The van der Waals surface area contributed by atoms with E-state index in [1.807, 2.05) is 6.07 Å². The molecule has 4 N–H and O–H groups in total. The normalized spacial score (nSPS) is 12.3. The van der Waals surface area contributed by atoms with E-state index in [1.165, 1.54) is 0 Å². The fourth-order valence-corrected chi connectivity index (χ4v) is 2.52. The number of hydrogen-bond acceptors (Lipinski definition) is 3. The first-order valence-corrected chi connectivity index (χ1v) is 6.61. The van der Waals surface area contributed by atoms with Crippen LogP contribution in [-0.2, 0) is 0 Å². The zero-order valence-corrected chi connectivity index (χ0v) is 13.0. The molecule has 0 spiro atoms. The molecule has 0 heterocycles. The number of nitrogens with one attached hydrogen (secondary N) is 1. The van der Waals surface area contributed by atoms with Crippen molar-refractivity contribution in [2.24, 2.45) is 10.9 Å². The number of carbonyl (C=O) groups is 1. The molecule has 98 valence electrons. The summed E-state index contributed by atoms with van der Waals surface area (Å²) in [5, 5.41) is 14.2. The van der Waals surface area contributed by atoms with Gasteiger partial charge in [0.25, 0.3) is 5.91 Å². The standard InChI is InChI=1S/C11H13Br2N3O2/c1-11(2,10(14)16-18)15-9(17)6-3-7(12)5-8(13)4-6/h3-5,18H,1-2H3,(H2,14,16)(H,15,17). The highest BCUT2D eigenvalue weighted by Crippen LogP contribution is 2.20. The van der Waals surface area contributed by atoms with Gasteiger partial charge in [0.05, 0.1) is 5.54 Å². The summed E-state index contributed by atoms with van der Waals surface area (Å²) in [6.07, 6.45) is 0. The first kappa shape index (κ1) is 15.0. The Labute approximate surface area is 122 Å². The van der Waals surface area contributed by atoms with Crippen LogP contribution in [0, 0.1) is 0 Å². The molecule has 0 saturated heterocycles. The molecule has 1 aromatic rings. The van der Waals surface area contributed by atoms with Crippen LogP contribution < -0.4 is 11.1 Å². The predicted octanol–water partition coefficient (Wildman–Crippen LogP) is 2.47. The molecule has 1 amide bonds. The van der Waals surface area contributed by atoms with Gasteiger partial charge in [-0.15, -0.1) is 0 Å². The molecule has 5 nitrogen and oxygen atoms in total. The van der Waals surface area contributed by atoms with Gasteiger partial charge in [-0.25, -0.2) is 0 Å². The second-order valence-electron chi connectivity index (χ2n) is 4.22. The smallest absolute Gasteiger partial charge is 0.252 e. The Morgan fingerprint density at radius 2 is 1.83 bits per heavy atom. The van der Waals surface area contributed by atoms with Crippen molar-refractivity contribution in [3.63, 3.8) is 0 Å². The van der Waals surface area contributed by atoms with E-state index in [0.717, 1.165) is 8.95 Å². The minimum absolute atomic E-state index is 0.0649. The van der Waals surface area contributed by atoms with Crippen LogP contribution in [0.2, 0.25) is 0 Å². The van der Waals surface area contributed by atoms with Crippen molar-refractivity contribution in [2.45, 2.75) is 19.4 Å². The highest BCUT2D eigenvalue weighted by Gasteiger charge is 2.26.